The van der Waals surface area contributed by atoms with Crippen LogP contribution in [0.2, 0.25) is 0 Å². The molecular formula is C27H27F5O3. The van der Waals surface area contributed by atoms with Crippen LogP contribution in [0.4, 0.5) is 22.0 Å². The van der Waals surface area contributed by atoms with E-state index in [1.807, 2.05) is 0 Å². The molecule has 0 heterocycles. The molecule has 0 aliphatic rings. The molecule has 1 N–H and O–H groups in total. The summed E-state index contributed by atoms with van der Waals surface area (Å²) in [6, 6.07) is 13.6. The molecule has 0 spiro atoms. The summed E-state index contributed by atoms with van der Waals surface area (Å²) in [6.45, 7) is 2.99. The topological polar surface area (TPSA) is 38.7 Å². The summed E-state index contributed by atoms with van der Waals surface area (Å²) in [5.41, 5.74) is -3.24. The molecule has 3 rings (SSSR count). The Balaban J connectivity index is 2.01. The molecule has 0 fully saturated rings. The molecular weight excluding hydrogens is 467 g/mol. The van der Waals surface area contributed by atoms with Crippen LogP contribution in [0.15, 0.2) is 60.7 Å². The molecule has 188 valence electrons. The third-order valence-corrected chi connectivity index (χ3v) is 6.05. The van der Waals surface area contributed by atoms with Gasteiger partial charge >= 0.3 is 6.18 Å². The predicted octanol–water partition coefficient (Wildman–Crippen LogP) is 6.85. The average Bonchev–Trinajstić information content (AvgIpc) is 2.78. The standard InChI is InChI=1S/C27H27F5O3/c1-25(2,22-14-20(29)9-11-24(22)35-4)16-26(33,27(30,31)32)15-17-6-5-7-18(12-17)21-13-19(28)8-10-23(21)34-3/h5-14,33H,15-16H2,1-4H3. The van der Waals surface area contributed by atoms with Gasteiger partial charge in [0.1, 0.15) is 23.1 Å². The second kappa shape index (κ2) is 9.85. The van der Waals surface area contributed by atoms with Gasteiger partial charge in [0.25, 0.3) is 0 Å². The lowest BCUT2D eigenvalue weighted by Gasteiger charge is -2.38. The van der Waals surface area contributed by atoms with Crippen LogP contribution < -0.4 is 9.47 Å². The number of aliphatic hydroxyl groups is 1. The number of hydrogen-bond donors (Lipinski definition) is 1. The lowest BCUT2D eigenvalue weighted by atomic mass is 9.72. The average molecular weight is 495 g/mol. The van der Waals surface area contributed by atoms with E-state index in [0.717, 1.165) is 12.1 Å². The minimum atomic E-state index is -4.99. The molecule has 0 saturated heterocycles. The van der Waals surface area contributed by atoms with Gasteiger partial charge in [-0.05, 0) is 59.4 Å². The first-order valence-electron chi connectivity index (χ1n) is 10.9. The summed E-state index contributed by atoms with van der Waals surface area (Å²) in [5, 5.41) is 11.0. The highest BCUT2D eigenvalue weighted by molar-refractivity contribution is 5.71. The minimum Gasteiger partial charge on any atom is -0.496 e. The molecule has 3 aromatic rings. The molecule has 0 amide bonds. The molecule has 1 unspecified atom stereocenters. The first-order valence-corrected chi connectivity index (χ1v) is 10.9. The summed E-state index contributed by atoms with van der Waals surface area (Å²) in [6.07, 6.45) is -6.50. The Morgan fingerprint density at radius 3 is 2.00 bits per heavy atom. The maximum Gasteiger partial charge on any atom is 0.417 e. The lowest BCUT2D eigenvalue weighted by Crippen LogP contribution is -2.50. The molecule has 3 nitrogen and oxygen atoms in total. The van der Waals surface area contributed by atoms with E-state index in [4.69, 9.17) is 9.47 Å². The van der Waals surface area contributed by atoms with E-state index in [1.165, 1.54) is 70.5 Å². The summed E-state index contributed by atoms with van der Waals surface area (Å²) in [4.78, 5) is 0. The van der Waals surface area contributed by atoms with Crippen molar-refractivity contribution < 1.29 is 36.5 Å². The maximum absolute atomic E-state index is 14.3. The van der Waals surface area contributed by atoms with Crippen molar-refractivity contribution in [2.24, 2.45) is 0 Å². The molecule has 0 saturated carbocycles. The van der Waals surface area contributed by atoms with E-state index >= 15 is 0 Å². The predicted molar refractivity (Wildman–Crippen MR) is 124 cm³/mol. The van der Waals surface area contributed by atoms with Crippen LogP contribution in [-0.2, 0) is 11.8 Å². The number of methoxy groups -OCH3 is 2. The highest BCUT2D eigenvalue weighted by Gasteiger charge is 2.56. The second-order valence-corrected chi connectivity index (χ2v) is 9.16. The summed E-state index contributed by atoms with van der Waals surface area (Å²) in [5.74, 6) is -0.569. The van der Waals surface area contributed by atoms with Gasteiger partial charge in [-0.25, -0.2) is 8.78 Å². The first-order chi connectivity index (χ1) is 16.3. The fourth-order valence-corrected chi connectivity index (χ4v) is 4.39. The quantitative estimate of drug-likeness (QED) is 0.348. The van der Waals surface area contributed by atoms with Gasteiger partial charge < -0.3 is 14.6 Å². The van der Waals surface area contributed by atoms with Gasteiger partial charge in [-0.1, -0.05) is 38.1 Å². The van der Waals surface area contributed by atoms with E-state index in [9.17, 15) is 27.1 Å². The van der Waals surface area contributed by atoms with Crippen molar-refractivity contribution in [3.63, 3.8) is 0 Å². The van der Waals surface area contributed by atoms with E-state index in [2.05, 4.69) is 0 Å². The lowest BCUT2D eigenvalue weighted by molar-refractivity contribution is -0.266. The van der Waals surface area contributed by atoms with Crippen molar-refractivity contribution >= 4 is 0 Å². The molecule has 0 radical (unpaired) electrons. The van der Waals surface area contributed by atoms with E-state index in [-0.39, 0.29) is 16.9 Å². The summed E-state index contributed by atoms with van der Waals surface area (Å²) < 4.78 is 81.1. The number of benzene rings is 3. The van der Waals surface area contributed by atoms with Gasteiger partial charge in [-0.2, -0.15) is 13.2 Å². The molecule has 3 aromatic carbocycles. The minimum absolute atomic E-state index is 0.190. The third-order valence-electron chi connectivity index (χ3n) is 6.05. The number of hydrogen-bond acceptors (Lipinski definition) is 3. The number of alkyl halides is 3. The number of halogens is 5. The Kier molecular flexibility index (Phi) is 7.45. The first kappa shape index (κ1) is 26.5. The Hall–Kier alpha value is -3.13. The third kappa shape index (κ3) is 5.75. The van der Waals surface area contributed by atoms with Crippen LogP contribution in [0.25, 0.3) is 11.1 Å². The van der Waals surface area contributed by atoms with E-state index < -0.39 is 41.7 Å². The Morgan fingerprint density at radius 2 is 1.40 bits per heavy atom. The molecule has 0 bridgehead atoms. The zero-order valence-electron chi connectivity index (χ0n) is 19.8. The van der Waals surface area contributed by atoms with Gasteiger partial charge in [0.2, 0.25) is 0 Å². The van der Waals surface area contributed by atoms with Crippen molar-refractivity contribution in [2.75, 3.05) is 14.2 Å². The second-order valence-electron chi connectivity index (χ2n) is 9.16. The van der Waals surface area contributed by atoms with E-state index in [1.54, 1.807) is 6.07 Å². The zero-order chi connectivity index (χ0) is 26.0. The molecule has 35 heavy (non-hydrogen) atoms. The maximum atomic E-state index is 14.3. The van der Waals surface area contributed by atoms with Gasteiger partial charge in [-0.15, -0.1) is 0 Å². The zero-order valence-corrected chi connectivity index (χ0v) is 19.8. The smallest absolute Gasteiger partial charge is 0.417 e. The van der Waals surface area contributed by atoms with Gasteiger partial charge in [0.15, 0.2) is 5.60 Å². The van der Waals surface area contributed by atoms with Crippen LogP contribution in [-0.4, -0.2) is 31.1 Å². The number of rotatable bonds is 8. The van der Waals surface area contributed by atoms with Crippen LogP contribution in [0.3, 0.4) is 0 Å². The van der Waals surface area contributed by atoms with Crippen LogP contribution >= 0.6 is 0 Å². The molecule has 0 aliphatic heterocycles. The molecule has 1 atom stereocenters. The largest absolute Gasteiger partial charge is 0.496 e. The number of ether oxygens (including phenoxy) is 2. The highest BCUT2D eigenvalue weighted by atomic mass is 19.4. The fourth-order valence-electron chi connectivity index (χ4n) is 4.39. The normalized spacial score (nSPS) is 13.9. The summed E-state index contributed by atoms with van der Waals surface area (Å²) in [7, 11) is 2.75. The van der Waals surface area contributed by atoms with Gasteiger partial charge in [0.05, 0.1) is 14.2 Å². The molecule has 0 aromatic heterocycles. The van der Waals surface area contributed by atoms with Gasteiger partial charge in [-0.3, -0.25) is 0 Å². The van der Waals surface area contributed by atoms with E-state index in [0.29, 0.717) is 16.9 Å². The SMILES string of the molecule is COc1ccc(F)cc1-c1cccc(CC(O)(CC(C)(C)c2cc(F)ccc2OC)C(F)(F)F)c1. The molecule has 8 heteroatoms. The Labute approximate surface area is 201 Å². The van der Waals surface area contributed by atoms with Crippen molar-refractivity contribution in [1.29, 1.82) is 0 Å². The van der Waals surface area contributed by atoms with Crippen molar-refractivity contribution in [2.45, 2.75) is 43.9 Å². The van der Waals surface area contributed by atoms with Crippen molar-refractivity contribution in [3.8, 4) is 22.6 Å². The highest BCUT2D eigenvalue weighted by Crippen LogP contribution is 2.45. The fraction of sp³-hybridized carbons (Fsp3) is 0.333. The molecule has 0 aliphatic carbocycles. The van der Waals surface area contributed by atoms with Crippen molar-refractivity contribution in [3.05, 3.63) is 83.4 Å². The van der Waals surface area contributed by atoms with Crippen LogP contribution in [0.1, 0.15) is 31.4 Å². The van der Waals surface area contributed by atoms with Crippen LogP contribution in [0, 0.1) is 11.6 Å². The Morgan fingerprint density at radius 1 is 0.800 bits per heavy atom. The van der Waals surface area contributed by atoms with Gasteiger partial charge in [0, 0.05) is 17.5 Å². The van der Waals surface area contributed by atoms with Crippen molar-refractivity contribution in [1.82, 2.24) is 0 Å². The van der Waals surface area contributed by atoms with Crippen LogP contribution in [0.5, 0.6) is 11.5 Å². The monoisotopic (exact) mass is 494 g/mol. The Bertz CT molecular complexity index is 1190. The summed E-state index contributed by atoms with van der Waals surface area (Å²) >= 11 is 0.